The molecule has 0 amide bonds. The molecule has 6 heteroatoms. The monoisotopic (exact) mass is 395 g/mol. The number of ether oxygens (including phenoxy) is 1. The summed E-state index contributed by atoms with van der Waals surface area (Å²) < 4.78 is 18.1. The smallest absolute Gasteiger partial charge is 0.188 e. The first-order chi connectivity index (χ1) is 9.22. The zero-order valence-corrected chi connectivity index (χ0v) is 14.1. The number of rotatable bonds is 8. The van der Waals surface area contributed by atoms with Crippen LogP contribution in [-0.4, -0.2) is 25.7 Å². The topological polar surface area (TPSA) is 59.6 Å². The highest BCUT2D eigenvalue weighted by molar-refractivity contribution is 14.0. The number of benzene rings is 1. The van der Waals surface area contributed by atoms with Gasteiger partial charge in [0.25, 0.3) is 0 Å². The molecular formula is C14H23FIN3O. The molecule has 20 heavy (non-hydrogen) atoms. The van der Waals surface area contributed by atoms with Crippen LogP contribution in [0.4, 0.5) is 4.39 Å². The molecule has 0 fully saturated rings. The van der Waals surface area contributed by atoms with Crippen molar-refractivity contribution in [1.29, 1.82) is 0 Å². The summed E-state index contributed by atoms with van der Waals surface area (Å²) in [5, 5.41) is 3.04. The van der Waals surface area contributed by atoms with E-state index in [0.717, 1.165) is 25.8 Å². The van der Waals surface area contributed by atoms with E-state index < -0.39 is 0 Å². The van der Waals surface area contributed by atoms with Gasteiger partial charge < -0.3 is 15.8 Å². The fourth-order valence-corrected chi connectivity index (χ4v) is 1.43. The lowest BCUT2D eigenvalue weighted by atomic mass is 10.3. The Morgan fingerprint density at radius 2 is 2.00 bits per heavy atom. The minimum absolute atomic E-state index is 0. The van der Waals surface area contributed by atoms with Crippen LogP contribution in [0.15, 0.2) is 29.3 Å². The van der Waals surface area contributed by atoms with E-state index in [9.17, 15) is 4.39 Å². The highest BCUT2D eigenvalue weighted by Crippen LogP contribution is 2.10. The lowest BCUT2D eigenvalue weighted by molar-refractivity contribution is 0.313. The van der Waals surface area contributed by atoms with Crippen LogP contribution >= 0.6 is 24.0 Å². The first kappa shape index (κ1) is 18.9. The molecule has 0 spiro atoms. The Hall–Kier alpha value is -1.05. The van der Waals surface area contributed by atoms with Crippen molar-refractivity contribution in [3.05, 3.63) is 30.1 Å². The second kappa shape index (κ2) is 11.7. The van der Waals surface area contributed by atoms with Gasteiger partial charge in [-0.2, -0.15) is 0 Å². The molecule has 4 nitrogen and oxygen atoms in total. The lowest BCUT2D eigenvalue weighted by Crippen LogP contribution is -2.32. The Kier molecular flexibility index (Phi) is 11.1. The van der Waals surface area contributed by atoms with Crippen molar-refractivity contribution in [2.75, 3.05) is 19.7 Å². The summed E-state index contributed by atoms with van der Waals surface area (Å²) in [5.41, 5.74) is 5.68. The van der Waals surface area contributed by atoms with Crippen LogP contribution in [0.25, 0.3) is 0 Å². The largest absolute Gasteiger partial charge is 0.494 e. The minimum atomic E-state index is -0.261. The molecular weight excluding hydrogens is 372 g/mol. The Morgan fingerprint density at radius 3 is 2.65 bits per heavy atom. The van der Waals surface area contributed by atoms with Gasteiger partial charge in [0.05, 0.1) is 6.61 Å². The number of unbranched alkanes of at least 4 members (excludes halogenated alkanes) is 1. The van der Waals surface area contributed by atoms with E-state index in [1.165, 1.54) is 12.1 Å². The maximum atomic E-state index is 12.7. The van der Waals surface area contributed by atoms with Crippen LogP contribution in [0, 0.1) is 5.82 Å². The molecule has 0 heterocycles. The number of halogens is 2. The van der Waals surface area contributed by atoms with Gasteiger partial charge in [-0.3, -0.25) is 4.99 Å². The fourth-order valence-electron chi connectivity index (χ4n) is 1.43. The van der Waals surface area contributed by atoms with Gasteiger partial charge in [-0.05, 0) is 30.7 Å². The Balaban J connectivity index is 0.00000361. The van der Waals surface area contributed by atoms with E-state index in [2.05, 4.69) is 17.2 Å². The molecule has 0 radical (unpaired) electrons. The predicted molar refractivity (Wildman–Crippen MR) is 91.3 cm³/mol. The first-order valence-corrected chi connectivity index (χ1v) is 6.64. The molecule has 0 aromatic heterocycles. The van der Waals surface area contributed by atoms with E-state index in [-0.39, 0.29) is 29.8 Å². The number of nitrogens with two attached hydrogens (primary N) is 1. The first-order valence-electron chi connectivity index (χ1n) is 6.64. The Bertz CT molecular complexity index is 385. The quantitative estimate of drug-likeness (QED) is 0.308. The van der Waals surface area contributed by atoms with E-state index in [0.29, 0.717) is 24.9 Å². The van der Waals surface area contributed by atoms with Crippen LogP contribution < -0.4 is 15.8 Å². The van der Waals surface area contributed by atoms with Gasteiger partial charge in [0.1, 0.15) is 11.6 Å². The zero-order chi connectivity index (χ0) is 13.9. The molecule has 1 aromatic rings. The Labute approximate surface area is 137 Å². The number of guanidine groups is 1. The van der Waals surface area contributed by atoms with Gasteiger partial charge >= 0.3 is 0 Å². The summed E-state index contributed by atoms with van der Waals surface area (Å²) in [4.78, 5) is 4.18. The second-order valence-corrected chi connectivity index (χ2v) is 4.20. The maximum Gasteiger partial charge on any atom is 0.188 e. The maximum absolute atomic E-state index is 12.7. The van der Waals surface area contributed by atoms with Crippen LogP contribution in [0.2, 0.25) is 0 Å². The van der Waals surface area contributed by atoms with Crippen molar-refractivity contribution in [1.82, 2.24) is 5.32 Å². The minimum Gasteiger partial charge on any atom is -0.494 e. The van der Waals surface area contributed by atoms with Gasteiger partial charge in [-0.1, -0.05) is 13.3 Å². The number of nitrogens with one attached hydrogen (secondary N) is 1. The van der Waals surface area contributed by atoms with Crippen LogP contribution in [-0.2, 0) is 0 Å². The number of hydrogen-bond donors (Lipinski definition) is 2. The van der Waals surface area contributed by atoms with E-state index >= 15 is 0 Å². The predicted octanol–water partition coefficient (Wildman–Crippen LogP) is 2.92. The normalized spacial score (nSPS) is 10.8. The lowest BCUT2D eigenvalue weighted by Gasteiger charge is -2.06. The third-order valence-electron chi connectivity index (χ3n) is 2.50. The molecule has 0 aliphatic carbocycles. The summed E-state index contributed by atoms with van der Waals surface area (Å²) in [6.45, 7) is 4.14. The van der Waals surface area contributed by atoms with Gasteiger partial charge in [0.2, 0.25) is 0 Å². The number of nitrogens with zero attached hydrogens (tertiary/aromatic N) is 1. The average Bonchev–Trinajstić information content (AvgIpc) is 2.41. The molecule has 1 aromatic carbocycles. The molecule has 0 saturated heterocycles. The molecule has 0 bridgehead atoms. The van der Waals surface area contributed by atoms with E-state index in [4.69, 9.17) is 10.5 Å². The van der Waals surface area contributed by atoms with Crippen molar-refractivity contribution in [2.45, 2.75) is 26.2 Å². The van der Waals surface area contributed by atoms with Gasteiger partial charge in [0.15, 0.2) is 5.96 Å². The third kappa shape index (κ3) is 8.95. The molecule has 0 atom stereocenters. The molecule has 0 aliphatic heterocycles. The third-order valence-corrected chi connectivity index (χ3v) is 2.50. The standard InChI is InChI=1S/C14H22FN3O.HI/c1-2-3-9-17-14(16)18-10-4-11-19-13-7-5-12(15)6-8-13;/h5-8H,2-4,9-11H2,1H3,(H3,16,17,18);1H. The Morgan fingerprint density at radius 1 is 1.30 bits per heavy atom. The summed E-state index contributed by atoms with van der Waals surface area (Å²) in [6.07, 6.45) is 2.99. The van der Waals surface area contributed by atoms with E-state index in [1.54, 1.807) is 12.1 Å². The van der Waals surface area contributed by atoms with Gasteiger partial charge in [0, 0.05) is 19.5 Å². The summed E-state index contributed by atoms with van der Waals surface area (Å²) >= 11 is 0. The summed E-state index contributed by atoms with van der Waals surface area (Å²) in [5.74, 6) is 0.887. The SMILES string of the molecule is CCCCNC(N)=NCCCOc1ccc(F)cc1.I. The highest BCUT2D eigenvalue weighted by Gasteiger charge is 1.95. The van der Waals surface area contributed by atoms with Gasteiger partial charge in [-0.15, -0.1) is 24.0 Å². The van der Waals surface area contributed by atoms with Crippen molar-refractivity contribution in [3.63, 3.8) is 0 Å². The highest BCUT2D eigenvalue weighted by atomic mass is 127. The fraction of sp³-hybridized carbons (Fsp3) is 0.500. The number of aliphatic imine (C=N–C) groups is 1. The summed E-state index contributed by atoms with van der Waals surface area (Å²) in [7, 11) is 0. The summed E-state index contributed by atoms with van der Waals surface area (Å²) in [6, 6.07) is 5.98. The van der Waals surface area contributed by atoms with Crippen molar-refractivity contribution < 1.29 is 9.13 Å². The molecule has 114 valence electrons. The van der Waals surface area contributed by atoms with Gasteiger partial charge in [-0.25, -0.2) is 4.39 Å². The second-order valence-electron chi connectivity index (χ2n) is 4.20. The molecule has 3 N–H and O–H groups in total. The molecule has 0 unspecified atom stereocenters. The van der Waals surface area contributed by atoms with Crippen molar-refractivity contribution in [2.24, 2.45) is 10.7 Å². The molecule has 0 aliphatic rings. The number of hydrogen-bond acceptors (Lipinski definition) is 2. The van der Waals surface area contributed by atoms with Crippen LogP contribution in [0.5, 0.6) is 5.75 Å². The molecule has 1 rings (SSSR count). The zero-order valence-electron chi connectivity index (χ0n) is 11.8. The van der Waals surface area contributed by atoms with Crippen molar-refractivity contribution in [3.8, 4) is 5.75 Å². The van der Waals surface area contributed by atoms with Crippen molar-refractivity contribution >= 4 is 29.9 Å². The van der Waals surface area contributed by atoms with Crippen LogP contribution in [0.3, 0.4) is 0 Å². The van der Waals surface area contributed by atoms with E-state index in [1.807, 2.05) is 0 Å². The molecule has 0 saturated carbocycles. The average molecular weight is 395 g/mol. The van der Waals surface area contributed by atoms with Crippen LogP contribution in [0.1, 0.15) is 26.2 Å².